The molecule has 2 heterocycles. The zero-order valence-corrected chi connectivity index (χ0v) is 22.6. The van der Waals surface area contributed by atoms with Crippen molar-refractivity contribution in [2.75, 3.05) is 13.2 Å². The topological polar surface area (TPSA) is 80.5 Å². The molecule has 2 aliphatic rings. The summed E-state index contributed by atoms with van der Waals surface area (Å²) in [6.45, 7) is 1.13. The Balaban J connectivity index is 1.31. The van der Waals surface area contributed by atoms with Crippen molar-refractivity contribution in [1.82, 2.24) is 19.9 Å². The maximum absolute atomic E-state index is 13.9. The number of carbonyl (C=O) groups is 1. The van der Waals surface area contributed by atoms with Gasteiger partial charge in [-0.05, 0) is 79.0 Å². The molecule has 1 saturated carbocycles. The summed E-state index contributed by atoms with van der Waals surface area (Å²) in [5.74, 6) is -0.323. The Morgan fingerprint density at radius 1 is 0.902 bits per heavy atom. The third-order valence-corrected chi connectivity index (χ3v) is 8.05. The molecule has 4 aromatic rings. The number of ether oxygens (including phenoxy) is 1. The number of amides is 1. The van der Waals surface area contributed by atoms with E-state index in [0.717, 1.165) is 23.2 Å². The quantitative estimate of drug-likeness (QED) is 0.317. The summed E-state index contributed by atoms with van der Waals surface area (Å²) >= 11 is 0. The van der Waals surface area contributed by atoms with Gasteiger partial charge < -0.3 is 14.7 Å². The summed E-state index contributed by atoms with van der Waals surface area (Å²) in [6.07, 6.45) is 5.96. The highest BCUT2D eigenvalue weighted by molar-refractivity contribution is 5.75. The number of likely N-dealkylation sites (tertiary alicyclic amines) is 1. The Morgan fingerprint density at radius 3 is 2.15 bits per heavy atom. The Morgan fingerprint density at radius 2 is 1.54 bits per heavy atom. The summed E-state index contributed by atoms with van der Waals surface area (Å²) in [6, 6.07) is 20.2. The number of nitrogens with zero attached hydrogens (tertiary/aromatic N) is 4. The third-order valence-electron chi connectivity index (χ3n) is 8.05. The van der Waals surface area contributed by atoms with Crippen LogP contribution in [-0.2, 0) is 16.8 Å². The van der Waals surface area contributed by atoms with Crippen LogP contribution in [0.3, 0.4) is 0 Å². The Bertz CT molecular complexity index is 1430. The van der Waals surface area contributed by atoms with Gasteiger partial charge in [-0.25, -0.2) is 13.6 Å². The van der Waals surface area contributed by atoms with Crippen LogP contribution in [0.1, 0.15) is 48.1 Å². The highest BCUT2D eigenvalue weighted by Crippen LogP contribution is 2.36. The van der Waals surface area contributed by atoms with Crippen molar-refractivity contribution >= 4 is 6.03 Å². The van der Waals surface area contributed by atoms with Crippen LogP contribution in [0.5, 0.6) is 0 Å². The molecule has 6 rings (SSSR count). The van der Waals surface area contributed by atoms with Crippen molar-refractivity contribution in [2.45, 2.75) is 49.9 Å². The maximum Gasteiger partial charge on any atom is 0.362 e. The molecule has 1 aromatic heterocycles. The van der Waals surface area contributed by atoms with Crippen molar-refractivity contribution in [2.24, 2.45) is 5.92 Å². The molecule has 2 atom stereocenters. The van der Waals surface area contributed by atoms with Crippen LogP contribution in [0, 0.1) is 17.6 Å². The lowest BCUT2D eigenvalue weighted by atomic mass is 9.84. The summed E-state index contributed by atoms with van der Waals surface area (Å²) in [5.41, 5.74) is -0.107. The molecule has 1 amide bonds. The predicted molar refractivity (Wildman–Crippen MR) is 148 cm³/mol. The van der Waals surface area contributed by atoms with Gasteiger partial charge in [0.2, 0.25) is 0 Å². The molecule has 41 heavy (non-hydrogen) atoms. The molecule has 1 saturated heterocycles. The van der Waals surface area contributed by atoms with E-state index in [1.54, 1.807) is 4.90 Å². The van der Waals surface area contributed by atoms with Crippen molar-refractivity contribution in [1.29, 1.82) is 0 Å². The Labute approximate surface area is 237 Å². The largest absolute Gasteiger partial charge is 0.376 e. The van der Waals surface area contributed by atoms with Gasteiger partial charge in [-0.15, -0.1) is 5.10 Å². The molecular formula is C32H32F2N4O3. The highest BCUT2D eigenvalue weighted by Gasteiger charge is 2.39. The lowest BCUT2D eigenvalue weighted by molar-refractivity contribution is -0.0114. The molecule has 3 aromatic carbocycles. The number of piperidine rings is 1. The number of aromatic nitrogens is 3. The summed E-state index contributed by atoms with van der Waals surface area (Å²) in [4.78, 5) is 16.7. The Kier molecular flexibility index (Phi) is 7.64. The monoisotopic (exact) mass is 558 g/mol. The van der Waals surface area contributed by atoms with E-state index < -0.39 is 23.3 Å². The fourth-order valence-corrected chi connectivity index (χ4v) is 5.50. The molecule has 0 spiro atoms. The number of aliphatic hydroxyl groups is 1. The van der Waals surface area contributed by atoms with E-state index >= 15 is 0 Å². The minimum absolute atomic E-state index is 0.0576. The Hall–Kier alpha value is -3.95. The first-order valence-electron chi connectivity index (χ1n) is 14.0. The molecule has 0 radical (unpaired) electrons. The second-order valence-electron chi connectivity index (χ2n) is 11.0. The number of hydrogen-bond donors (Lipinski definition) is 1. The second-order valence-corrected chi connectivity index (χ2v) is 11.0. The summed E-state index contributed by atoms with van der Waals surface area (Å²) in [5, 5.41) is 20.7. The van der Waals surface area contributed by atoms with Crippen molar-refractivity contribution in [3.8, 4) is 0 Å². The van der Waals surface area contributed by atoms with Crippen LogP contribution in [0.4, 0.5) is 13.6 Å². The van der Waals surface area contributed by atoms with Crippen molar-refractivity contribution < 1.29 is 23.4 Å². The fourth-order valence-electron chi connectivity index (χ4n) is 5.50. The zero-order valence-electron chi connectivity index (χ0n) is 22.6. The number of halogens is 2. The molecule has 2 fully saturated rings. The van der Waals surface area contributed by atoms with E-state index in [4.69, 9.17) is 4.74 Å². The highest BCUT2D eigenvalue weighted by atomic mass is 19.1. The number of benzene rings is 3. The lowest BCUT2D eigenvalue weighted by Crippen LogP contribution is -2.52. The van der Waals surface area contributed by atoms with Gasteiger partial charge in [-0.2, -0.15) is 5.10 Å². The fraction of sp³-hybridized carbons (Fsp3) is 0.344. The lowest BCUT2D eigenvalue weighted by Gasteiger charge is -2.39. The molecule has 212 valence electrons. The van der Waals surface area contributed by atoms with E-state index in [9.17, 15) is 18.7 Å². The van der Waals surface area contributed by atoms with Crippen LogP contribution < -0.4 is 0 Å². The van der Waals surface area contributed by atoms with Gasteiger partial charge in [0.1, 0.15) is 17.3 Å². The zero-order chi connectivity index (χ0) is 28.4. The SMILES string of the molecule is O=C(N1CC(OCC2CC2)CCC1Cc1ccccc1)n1ncc(C(O)(c2ccc(F)cc2)c2ccc(F)cc2)n1. The summed E-state index contributed by atoms with van der Waals surface area (Å²) in [7, 11) is 0. The van der Waals surface area contributed by atoms with E-state index in [2.05, 4.69) is 10.2 Å². The number of hydrogen-bond acceptors (Lipinski definition) is 5. The average molecular weight is 559 g/mol. The molecule has 2 unspecified atom stereocenters. The molecule has 1 aliphatic carbocycles. The van der Waals surface area contributed by atoms with E-state index in [-0.39, 0.29) is 17.8 Å². The van der Waals surface area contributed by atoms with Crippen LogP contribution in [0.25, 0.3) is 0 Å². The van der Waals surface area contributed by atoms with Crippen LogP contribution in [0.15, 0.2) is 85.1 Å². The van der Waals surface area contributed by atoms with Gasteiger partial charge in [-0.3, -0.25) is 0 Å². The average Bonchev–Trinajstić information content (AvgIpc) is 3.70. The van der Waals surface area contributed by atoms with Crippen molar-refractivity contribution in [3.63, 3.8) is 0 Å². The van der Waals surface area contributed by atoms with E-state index in [1.165, 1.54) is 67.6 Å². The van der Waals surface area contributed by atoms with Gasteiger partial charge in [0, 0.05) is 19.2 Å². The van der Waals surface area contributed by atoms with Gasteiger partial charge in [0.15, 0.2) is 5.60 Å². The number of carbonyl (C=O) groups excluding carboxylic acids is 1. The standard InChI is InChI=1S/C32H32F2N4O3/c33-26-12-8-24(9-13-26)32(40,25-10-14-27(34)15-11-25)30-19-35-38(36-30)31(39)37-20-29(41-21-23-6-7-23)17-16-28(37)18-22-4-2-1-3-5-22/h1-5,8-15,19,23,28-29,40H,6-7,16-18,20-21H2. The molecule has 0 bridgehead atoms. The smallest absolute Gasteiger partial charge is 0.362 e. The first-order valence-corrected chi connectivity index (χ1v) is 14.0. The first kappa shape index (κ1) is 27.2. The second kappa shape index (κ2) is 11.5. The minimum Gasteiger partial charge on any atom is -0.376 e. The van der Waals surface area contributed by atoms with Gasteiger partial charge >= 0.3 is 6.03 Å². The van der Waals surface area contributed by atoms with E-state index in [1.807, 2.05) is 30.3 Å². The maximum atomic E-state index is 13.9. The van der Waals surface area contributed by atoms with Crippen LogP contribution in [0.2, 0.25) is 0 Å². The molecule has 7 nitrogen and oxygen atoms in total. The minimum atomic E-state index is -1.90. The van der Waals surface area contributed by atoms with Crippen molar-refractivity contribution in [3.05, 3.63) is 119 Å². The van der Waals surface area contributed by atoms with Gasteiger partial charge in [0.05, 0.1) is 12.3 Å². The van der Waals surface area contributed by atoms with Gasteiger partial charge in [-0.1, -0.05) is 59.4 Å². The number of rotatable bonds is 8. The predicted octanol–water partition coefficient (Wildman–Crippen LogP) is 5.31. The summed E-state index contributed by atoms with van der Waals surface area (Å²) < 4.78 is 33.7. The van der Waals surface area contributed by atoms with E-state index in [0.29, 0.717) is 36.6 Å². The third kappa shape index (κ3) is 5.92. The molecule has 1 N–H and O–H groups in total. The van der Waals surface area contributed by atoms with Crippen LogP contribution >= 0.6 is 0 Å². The molecule has 1 aliphatic heterocycles. The molecule has 9 heteroatoms. The normalized spacial score (nSPS) is 19.3. The van der Waals surface area contributed by atoms with Gasteiger partial charge in [0.25, 0.3) is 0 Å². The molecular weight excluding hydrogens is 526 g/mol. The first-order chi connectivity index (χ1) is 19.9. The van der Waals surface area contributed by atoms with Crippen LogP contribution in [-0.4, -0.2) is 56.3 Å².